The Balaban J connectivity index is 1.53. The molecule has 1 aromatic carbocycles. The zero-order valence-corrected chi connectivity index (χ0v) is 21.7. The standard InChI is InChI=1S/C25H29B2F3N6O/c1-14(2)21-24(26,27)35(4)23(37)36(21)20-10-11-31-22(34-20)33-15(3)19-9-8-17(13-32-19)16-6-5-7-18(12-16)25(28,29)30/h5-15,21H,26-27H2,1-4H3,(H,31,33,34)/t15-,21?/m0/s1. The van der Waals surface area contributed by atoms with Gasteiger partial charge in [-0.3, -0.25) is 9.88 Å². The molecule has 0 bridgehead atoms. The van der Waals surface area contributed by atoms with Crippen molar-refractivity contribution in [3.8, 4) is 11.1 Å². The Hall–Kier alpha value is -3.56. The Morgan fingerprint density at radius 2 is 1.78 bits per heavy atom. The zero-order valence-electron chi connectivity index (χ0n) is 21.7. The lowest BCUT2D eigenvalue weighted by molar-refractivity contribution is -0.137. The Morgan fingerprint density at radius 1 is 1.05 bits per heavy atom. The SMILES string of the molecule is BC1(B)C(C(C)C)N(c2ccnc(N[C@@H](C)c3ccc(-c4cccc(C(F)(F)F)c4)cn3)n2)C(=O)N1C. The van der Waals surface area contributed by atoms with E-state index in [0.29, 0.717) is 28.6 Å². The third kappa shape index (κ3) is 5.14. The number of benzene rings is 1. The summed E-state index contributed by atoms with van der Waals surface area (Å²) in [5, 5.41) is 2.84. The van der Waals surface area contributed by atoms with Crippen molar-refractivity contribution in [2.24, 2.45) is 5.92 Å². The summed E-state index contributed by atoms with van der Waals surface area (Å²) in [5.41, 5.74) is 0.988. The first kappa shape index (κ1) is 26.5. The molecule has 1 unspecified atom stereocenters. The van der Waals surface area contributed by atoms with Gasteiger partial charge in [-0.25, -0.2) is 9.78 Å². The first-order valence-electron chi connectivity index (χ1n) is 12.1. The fraction of sp³-hybridized carbons (Fsp3) is 0.360. The first-order valence-corrected chi connectivity index (χ1v) is 12.1. The van der Waals surface area contributed by atoms with Gasteiger partial charge in [-0.05, 0) is 42.7 Å². The molecule has 7 nitrogen and oxygen atoms in total. The highest BCUT2D eigenvalue weighted by Gasteiger charge is 2.51. The number of halogens is 3. The van der Waals surface area contributed by atoms with E-state index in [4.69, 9.17) is 0 Å². The summed E-state index contributed by atoms with van der Waals surface area (Å²) in [6.07, 6.45) is -1.25. The molecule has 12 heteroatoms. The van der Waals surface area contributed by atoms with Gasteiger partial charge in [0.15, 0.2) is 0 Å². The number of anilines is 2. The molecular weight excluding hydrogens is 479 g/mol. The van der Waals surface area contributed by atoms with Crippen LogP contribution in [-0.4, -0.2) is 60.0 Å². The van der Waals surface area contributed by atoms with E-state index in [9.17, 15) is 18.0 Å². The molecule has 1 aliphatic heterocycles. The van der Waals surface area contributed by atoms with Crippen LogP contribution < -0.4 is 10.2 Å². The maximum absolute atomic E-state index is 13.1. The summed E-state index contributed by atoms with van der Waals surface area (Å²) in [6, 6.07) is 9.90. The summed E-state index contributed by atoms with van der Waals surface area (Å²) in [4.78, 5) is 30.0. The van der Waals surface area contributed by atoms with Gasteiger partial charge in [0.1, 0.15) is 21.5 Å². The van der Waals surface area contributed by atoms with Crippen molar-refractivity contribution < 1.29 is 18.0 Å². The van der Waals surface area contributed by atoms with Crippen molar-refractivity contribution in [1.29, 1.82) is 0 Å². The Morgan fingerprint density at radius 3 is 2.41 bits per heavy atom. The summed E-state index contributed by atoms with van der Waals surface area (Å²) in [7, 11) is 5.90. The largest absolute Gasteiger partial charge is 0.416 e. The number of amides is 2. The molecule has 2 aromatic heterocycles. The molecule has 2 atom stereocenters. The lowest BCUT2D eigenvalue weighted by atomic mass is 9.55. The van der Waals surface area contributed by atoms with Crippen LogP contribution in [0.3, 0.4) is 0 Å². The average Bonchev–Trinajstić information content (AvgIpc) is 3.03. The number of pyridine rings is 1. The second kappa shape index (κ2) is 9.72. The second-order valence-electron chi connectivity index (χ2n) is 10.2. The van der Waals surface area contributed by atoms with Gasteiger partial charge in [0.05, 0.1) is 23.3 Å². The molecule has 3 heterocycles. The summed E-state index contributed by atoms with van der Waals surface area (Å²) < 4.78 is 39.2. The Labute approximate surface area is 216 Å². The molecule has 192 valence electrons. The van der Waals surface area contributed by atoms with Crippen molar-refractivity contribution in [3.05, 3.63) is 66.1 Å². The third-order valence-electron chi connectivity index (χ3n) is 6.98. The van der Waals surface area contributed by atoms with Crippen LogP contribution in [0.15, 0.2) is 54.9 Å². The van der Waals surface area contributed by atoms with E-state index in [1.54, 1.807) is 53.5 Å². The predicted molar refractivity (Wildman–Crippen MR) is 143 cm³/mol. The molecule has 0 saturated carbocycles. The molecule has 1 N–H and O–H groups in total. The topological polar surface area (TPSA) is 74.2 Å². The molecule has 0 aliphatic carbocycles. The highest BCUT2D eigenvalue weighted by atomic mass is 19.4. The number of rotatable bonds is 6. The first-order chi connectivity index (χ1) is 17.3. The lowest BCUT2D eigenvalue weighted by Crippen LogP contribution is -2.54. The van der Waals surface area contributed by atoms with Crippen molar-refractivity contribution in [3.63, 3.8) is 0 Å². The van der Waals surface area contributed by atoms with Crippen LogP contribution in [0.5, 0.6) is 0 Å². The minimum absolute atomic E-state index is 0.0739. The maximum Gasteiger partial charge on any atom is 0.416 e. The highest BCUT2D eigenvalue weighted by Crippen LogP contribution is 2.35. The summed E-state index contributed by atoms with van der Waals surface area (Å²) >= 11 is 0. The van der Waals surface area contributed by atoms with Crippen LogP contribution in [0.4, 0.5) is 29.7 Å². The van der Waals surface area contributed by atoms with Crippen molar-refractivity contribution >= 4 is 33.5 Å². The number of carbonyl (C=O) groups is 1. The van der Waals surface area contributed by atoms with Gasteiger partial charge in [-0.15, -0.1) is 0 Å². The number of alkyl halides is 3. The molecule has 3 aromatic rings. The Bertz CT molecular complexity index is 1290. The molecule has 1 fully saturated rings. The minimum Gasteiger partial charge on any atom is -0.346 e. The lowest BCUT2D eigenvalue weighted by Gasteiger charge is -2.36. The van der Waals surface area contributed by atoms with Crippen molar-refractivity contribution in [1.82, 2.24) is 19.9 Å². The van der Waals surface area contributed by atoms with E-state index in [2.05, 4.69) is 34.1 Å². The molecule has 1 aliphatic rings. The van der Waals surface area contributed by atoms with Gasteiger partial charge in [0, 0.05) is 30.3 Å². The van der Waals surface area contributed by atoms with E-state index >= 15 is 0 Å². The van der Waals surface area contributed by atoms with Gasteiger partial charge in [0.2, 0.25) is 5.95 Å². The molecule has 0 radical (unpaired) electrons. The third-order valence-corrected chi connectivity index (χ3v) is 6.98. The molecule has 0 spiro atoms. The van der Waals surface area contributed by atoms with Crippen LogP contribution in [-0.2, 0) is 6.18 Å². The second-order valence-corrected chi connectivity index (χ2v) is 10.2. The highest BCUT2D eigenvalue weighted by molar-refractivity contribution is 6.43. The van der Waals surface area contributed by atoms with Gasteiger partial charge < -0.3 is 10.2 Å². The number of nitrogens with zero attached hydrogens (tertiary/aromatic N) is 5. The van der Waals surface area contributed by atoms with Gasteiger partial charge in [-0.2, -0.15) is 18.2 Å². The van der Waals surface area contributed by atoms with Gasteiger partial charge in [-0.1, -0.05) is 32.0 Å². The van der Waals surface area contributed by atoms with E-state index in [-0.39, 0.29) is 29.4 Å². The zero-order chi connectivity index (χ0) is 27.1. The smallest absolute Gasteiger partial charge is 0.346 e. The fourth-order valence-corrected chi connectivity index (χ4v) is 4.92. The molecule has 2 amide bonds. The van der Waals surface area contributed by atoms with Crippen LogP contribution in [0, 0.1) is 5.92 Å². The van der Waals surface area contributed by atoms with Gasteiger partial charge in [0.25, 0.3) is 0 Å². The van der Waals surface area contributed by atoms with Crippen molar-refractivity contribution in [2.45, 2.75) is 44.4 Å². The summed E-state index contributed by atoms with van der Waals surface area (Å²) in [5.74, 6) is 1.06. The number of hydrogen-bond donors (Lipinski definition) is 1. The van der Waals surface area contributed by atoms with E-state index in [1.807, 2.05) is 22.6 Å². The van der Waals surface area contributed by atoms with E-state index < -0.39 is 11.7 Å². The van der Waals surface area contributed by atoms with Crippen LogP contribution in [0.1, 0.15) is 38.1 Å². The quantitative estimate of drug-likeness (QED) is 0.516. The number of likely N-dealkylation sites (N-methyl/N-ethyl adjacent to an activating group) is 1. The minimum atomic E-state index is -4.41. The predicted octanol–water partition coefficient (Wildman–Crippen LogP) is 3.55. The van der Waals surface area contributed by atoms with Gasteiger partial charge >= 0.3 is 12.2 Å². The number of nitrogens with one attached hydrogen (secondary N) is 1. The fourth-order valence-electron chi connectivity index (χ4n) is 4.92. The van der Waals surface area contributed by atoms with Crippen LogP contribution in [0.2, 0.25) is 0 Å². The number of aromatic nitrogens is 3. The average molecular weight is 508 g/mol. The van der Waals surface area contributed by atoms with E-state index in [0.717, 1.165) is 12.1 Å². The van der Waals surface area contributed by atoms with Crippen molar-refractivity contribution in [2.75, 3.05) is 17.3 Å². The van der Waals surface area contributed by atoms with Crippen LogP contribution in [0.25, 0.3) is 11.1 Å². The number of hydrogen-bond acceptors (Lipinski definition) is 5. The number of carbonyl (C=O) groups excluding carboxylic acids is 1. The van der Waals surface area contributed by atoms with E-state index in [1.165, 1.54) is 6.07 Å². The molecular formula is C25H29B2F3N6O. The van der Waals surface area contributed by atoms with Crippen LogP contribution >= 0.6 is 0 Å². The normalized spacial score (nSPS) is 18.4. The monoisotopic (exact) mass is 508 g/mol. The molecule has 4 rings (SSSR count). The summed E-state index contributed by atoms with van der Waals surface area (Å²) in [6.45, 7) is 6.06. The Kier molecular flexibility index (Phi) is 6.96. The number of urea groups is 1. The molecule has 1 saturated heterocycles. The maximum atomic E-state index is 13.1. The molecule has 37 heavy (non-hydrogen) atoms.